The summed E-state index contributed by atoms with van der Waals surface area (Å²) in [6.07, 6.45) is -0.0959. The van der Waals surface area contributed by atoms with Crippen molar-refractivity contribution in [1.29, 1.82) is 0 Å². The van der Waals surface area contributed by atoms with Gasteiger partial charge in [-0.2, -0.15) is 13.2 Å². The van der Waals surface area contributed by atoms with Crippen LogP contribution in [-0.4, -0.2) is 16.1 Å². The maximum absolute atomic E-state index is 13.8. The van der Waals surface area contributed by atoms with E-state index in [1.165, 1.54) is 23.9 Å². The lowest BCUT2D eigenvalue weighted by atomic mass is 9.88. The number of carbonyl (C=O) groups is 1. The number of amides is 1. The number of aromatic nitrogens is 2. The summed E-state index contributed by atoms with van der Waals surface area (Å²) >= 11 is 1.25. The number of benzene rings is 2. The molecule has 1 amide bonds. The molecule has 3 aromatic rings. The Labute approximate surface area is 187 Å². The third kappa shape index (κ3) is 5.51. The average molecular weight is 462 g/mol. The van der Waals surface area contributed by atoms with Gasteiger partial charge in [0.05, 0.1) is 11.1 Å². The molecule has 5 nitrogen and oxygen atoms in total. The number of nitrogens with zero attached hydrogens (tertiary/aromatic N) is 2. The standard InChI is InChI=1S/C23H22F3N3O2S/c24-23(25,26)19-13-17(27-20(30)16-9-5-2-6-10-16)11-12-18(19)21-28-29-22(31-21)32-14-15-7-3-1-4-8-15/h1,3-4,7-8,11-13,16H,2,5-6,9-10,14H2,(H,27,30). The van der Waals surface area contributed by atoms with Crippen LogP contribution >= 0.6 is 11.8 Å². The van der Waals surface area contributed by atoms with Gasteiger partial charge >= 0.3 is 6.18 Å². The second-order valence-corrected chi connectivity index (χ2v) is 8.66. The van der Waals surface area contributed by atoms with Crippen molar-refractivity contribution in [2.45, 2.75) is 49.3 Å². The minimum atomic E-state index is -4.65. The van der Waals surface area contributed by atoms with Gasteiger partial charge in [-0.3, -0.25) is 4.79 Å². The Kier molecular flexibility index (Phi) is 6.83. The highest BCUT2D eigenvalue weighted by Gasteiger charge is 2.36. The highest BCUT2D eigenvalue weighted by atomic mass is 32.2. The van der Waals surface area contributed by atoms with Crippen LogP contribution in [-0.2, 0) is 16.7 Å². The number of carbonyl (C=O) groups excluding carboxylic acids is 1. The fourth-order valence-corrected chi connectivity index (χ4v) is 4.47. The molecule has 1 fully saturated rings. The van der Waals surface area contributed by atoms with Gasteiger partial charge in [-0.25, -0.2) is 0 Å². The molecule has 1 heterocycles. The van der Waals surface area contributed by atoms with E-state index in [9.17, 15) is 18.0 Å². The zero-order valence-corrected chi connectivity index (χ0v) is 18.0. The first-order valence-electron chi connectivity index (χ1n) is 10.4. The lowest BCUT2D eigenvalue weighted by molar-refractivity contribution is -0.137. The molecule has 1 aliphatic carbocycles. The van der Waals surface area contributed by atoms with Crippen molar-refractivity contribution in [3.8, 4) is 11.5 Å². The number of rotatable bonds is 6. The Morgan fingerprint density at radius 2 is 1.81 bits per heavy atom. The summed E-state index contributed by atoms with van der Waals surface area (Å²) in [6, 6.07) is 13.2. The van der Waals surface area contributed by atoms with Gasteiger partial charge in [-0.15, -0.1) is 10.2 Å². The largest absolute Gasteiger partial charge is 0.417 e. The maximum atomic E-state index is 13.8. The molecule has 0 unspecified atom stereocenters. The smallest absolute Gasteiger partial charge is 0.411 e. The first-order chi connectivity index (χ1) is 15.4. The number of halogens is 3. The van der Waals surface area contributed by atoms with Crippen molar-refractivity contribution in [3.05, 3.63) is 59.7 Å². The van der Waals surface area contributed by atoms with Gasteiger partial charge < -0.3 is 9.73 Å². The summed E-state index contributed by atoms with van der Waals surface area (Å²) in [6.45, 7) is 0. The van der Waals surface area contributed by atoms with Gasteiger partial charge in [-0.05, 0) is 36.6 Å². The summed E-state index contributed by atoms with van der Waals surface area (Å²) in [5, 5.41) is 10.5. The number of hydrogen-bond acceptors (Lipinski definition) is 5. The predicted octanol–water partition coefficient (Wildman–Crippen LogP) is 6.57. The van der Waals surface area contributed by atoms with Crippen LogP contribution in [0.4, 0.5) is 18.9 Å². The zero-order chi connectivity index (χ0) is 22.6. The van der Waals surface area contributed by atoms with E-state index in [-0.39, 0.29) is 34.2 Å². The van der Waals surface area contributed by atoms with E-state index in [1.54, 1.807) is 0 Å². The van der Waals surface area contributed by atoms with Crippen molar-refractivity contribution >= 4 is 23.4 Å². The molecular formula is C23H22F3N3O2S. The molecule has 2 aromatic carbocycles. The van der Waals surface area contributed by atoms with Crippen molar-refractivity contribution in [3.63, 3.8) is 0 Å². The third-order valence-electron chi connectivity index (χ3n) is 5.41. The van der Waals surface area contributed by atoms with E-state index in [0.29, 0.717) is 5.75 Å². The van der Waals surface area contributed by atoms with Crippen molar-refractivity contribution in [2.75, 3.05) is 5.32 Å². The second kappa shape index (κ2) is 9.77. The molecule has 1 aliphatic rings. The van der Waals surface area contributed by atoms with E-state index in [4.69, 9.17) is 4.42 Å². The predicted molar refractivity (Wildman–Crippen MR) is 116 cm³/mol. The SMILES string of the molecule is O=C(Nc1ccc(-c2nnc(SCc3ccccc3)o2)c(C(F)(F)F)c1)C1CCCCC1. The van der Waals surface area contributed by atoms with Crippen LogP contribution < -0.4 is 5.32 Å². The molecule has 1 N–H and O–H groups in total. The molecule has 0 saturated heterocycles. The van der Waals surface area contributed by atoms with Crippen molar-refractivity contribution in [2.24, 2.45) is 5.92 Å². The van der Waals surface area contributed by atoms with E-state index in [2.05, 4.69) is 15.5 Å². The molecule has 1 saturated carbocycles. The molecule has 32 heavy (non-hydrogen) atoms. The number of anilines is 1. The Hall–Kier alpha value is -2.81. The number of hydrogen-bond donors (Lipinski definition) is 1. The van der Waals surface area contributed by atoms with E-state index in [1.807, 2.05) is 30.3 Å². The normalized spacial score (nSPS) is 15.0. The average Bonchev–Trinajstić information content (AvgIpc) is 3.27. The van der Waals surface area contributed by atoms with Crippen molar-refractivity contribution in [1.82, 2.24) is 10.2 Å². The van der Waals surface area contributed by atoms with Crippen LogP contribution in [0.25, 0.3) is 11.5 Å². The highest BCUT2D eigenvalue weighted by Crippen LogP contribution is 2.39. The molecule has 9 heteroatoms. The number of thioether (sulfide) groups is 1. The van der Waals surface area contributed by atoms with Crippen LogP contribution in [0.5, 0.6) is 0 Å². The Balaban J connectivity index is 1.52. The minimum absolute atomic E-state index is 0.106. The van der Waals surface area contributed by atoms with Crippen LogP contribution in [0.1, 0.15) is 43.2 Å². The second-order valence-electron chi connectivity index (χ2n) is 7.73. The first kappa shape index (κ1) is 22.4. The highest BCUT2D eigenvalue weighted by molar-refractivity contribution is 7.98. The molecule has 4 rings (SSSR count). The van der Waals surface area contributed by atoms with Crippen LogP contribution in [0, 0.1) is 5.92 Å². The number of alkyl halides is 3. The van der Waals surface area contributed by atoms with E-state index >= 15 is 0 Å². The fraction of sp³-hybridized carbons (Fsp3) is 0.348. The third-order valence-corrected chi connectivity index (χ3v) is 6.30. The van der Waals surface area contributed by atoms with Gasteiger partial charge in [0.15, 0.2) is 0 Å². The topological polar surface area (TPSA) is 68.0 Å². The zero-order valence-electron chi connectivity index (χ0n) is 17.2. The lowest BCUT2D eigenvalue weighted by Crippen LogP contribution is -2.25. The molecular weight excluding hydrogens is 439 g/mol. The van der Waals surface area contributed by atoms with Gasteiger partial charge in [-0.1, -0.05) is 61.4 Å². The van der Waals surface area contributed by atoms with Crippen LogP contribution in [0.3, 0.4) is 0 Å². The quantitative estimate of drug-likeness (QED) is 0.421. The Morgan fingerprint density at radius 1 is 1.06 bits per heavy atom. The molecule has 0 atom stereocenters. The number of nitrogens with one attached hydrogen (secondary N) is 1. The molecule has 0 bridgehead atoms. The minimum Gasteiger partial charge on any atom is -0.411 e. The molecule has 1 aromatic heterocycles. The molecule has 0 spiro atoms. The van der Waals surface area contributed by atoms with E-state index in [0.717, 1.165) is 43.7 Å². The summed E-state index contributed by atoms with van der Waals surface area (Å²) in [5.74, 6) is -0.0419. The van der Waals surface area contributed by atoms with Gasteiger partial charge in [0.1, 0.15) is 0 Å². The summed E-state index contributed by atoms with van der Waals surface area (Å²) in [5.41, 5.74) is -0.00411. The van der Waals surface area contributed by atoms with Gasteiger partial charge in [0.25, 0.3) is 5.22 Å². The lowest BCUT2D eigenvalue weighted by Gasteiger charge is -2.21. The van der Waals surface area contributed by atoms with Gasteiger partial charge in [0, 0.05) is 17.4 Å². The molecule has 0 aliphatic heterocycles. The maximum Gasteiger partial charge on any atom is 0.417 e. The fourth-order valence-electron chi connectivity index (χ4n) is 3.75. The molecule has 0 radical (unpaired) electrons. The summed E-state index contributed by atoms with van der Waals surface area (Å²) < 4.78 is 46.8. The van der Waals surface area contributed by atoms with Crippen molar-refractivity contribution < 1.29 is 22.4 Å². The van der Waals surface area contributed by atoms with Gasteiger partial charge in [0.2, 0.25) is 11.8 Å². The Bertz CT molecular complexity index is 1060. The van der Waals surface area contributed by atoms with Crippen LogP contribution in [0.15, 0.2) is 58.2 Å². The Morgan fingerprint density at radius 3 is 2.53 bits per heavy atom. The van der Waals surface area contributed by atoms with E-state index < -0.39 is 11.7 Å². The first-order valence-corrected chi connectivity index (χ1v) is 11.4. The monoisotopic (exact) mass is 461 g/mol. The van der Waals surface area contributed by atoms with Crippen LogP contribution in [0.2, 0.25) is 0 Å². The summed E-state index contributed by atoms with van der Waals surface area (Å²) in [4.78, 5) is 12.4. The summed E-state index contributed by atoms with van der Waals surface area (Å²) in [7, 11) is 0. The molecule has 168 valence electrons.